The van der Waals surface area contributed by atoms with Crippen LogP contribution >= 0.6 is 11.3 Å². The average molecular weight is 231 g/mol. The van der Waals surface area contributed by atoms with Gasteiger partial charge in [-0.25, -0.2) is 0 Å². The minimum absolute atomic E-state index is 0.198. The lowest BCUT2D eigenvalue weighted by Gasteiger charge is -2.01. The monoisotopic (exact) mass is 231 g/mol. The summed E-state index contributed by atoms with van der Waals surface area (Å²) in [7, 11) is 0. The summed E-state index contributed by atoms with van der Waals surface area (Å²) in [6.45, 7) is 0. The topological polar surface area (TPSA) is 43.1 Å². The number of Topliss-reactive ketones (excluding diaryl/α,β-unsaturated/α-hetero) is 1. The van der Waals surface area contributed by atoms with Gasteiger partial charge in [-0.05, 0) is 35.6 Å². The second kappa shape index (κ2) is 4.94. The van der Waals surface area contributed by atoms with Crippen molar-refractivity contribution in [3.8, 4) is 0 Å². The summed E-state index contributed by atoms with van der Waals surface area (Å²) in [6.07, 6.45) is 1.29. The molecule has 1 aromatic heterocycles. The molecule has 0 aliphatic rings. The Bertz CT molecular complexity index is 476. The lowest BCUT2D eigenvalue weighted by atomic mass is 10.0. The number of rotatable bonds is 4. The Labute approximate surface area is 98.7 Å². The minimum Gasteiger partial charge on any atom is -0.399 e. The van der Waals surface area contributed by atoms with Crippen molar-refractivity contribution in [2.75, 3.05) is 5.73 Å². The molecule has 0 unspecified atom stereocenters. The van der Waals surface area contributed by atoms with E-state index in [4.69, 9.17) is 5.73 Å². The number of anilines is 1. The minimum atomic E-state index is 0.198. The first-order valence-corrected chi connectivity index (χ1v) is 6.10. The number of nitrogen functional groups attached to an aromatic ring is 1. The molecule has 0 fully saturated rings. The molecule has 0 aliphatic heterocycles. The molecular formula is C13H13NOS. The first-order valence-electron chi connectivity index (χ1n) is 5.15. The molecular weight excluding hydrogens is 218 g/mol. The van der Waals surface area contributed by atoms with Crippen molar-refractivity contribution in [3.63, 3.8) is 0 Å². The Balaban J connectivity index is 1.95. The zero-order valence-electron chi connectivity index (χ0n) is 8.85. The van der Waals surface area contributed by atoms with E-state index in [1.165, 1.54) is 0 Å². The van der Waals surface area contributed by atoms with Crippen LogP contribution in [0.15, 0.2) is 41.1 Å². The molecule has 2 aromatic rings. The van der Waals surface area contributed by atoms with E-state index in [-0.39, 0.29) is 5.78 Å². The fraction of sp³-hybridized carbons (Fsp3) is 0.154. The van der Waals surface area contributed by atoms with E-state index >= 15 is 0 Å². The highest BCUT2D eigenvalue weighted by Crippen LogP contribution is 2.13. The lowest BCUT2D eigenvalue weighted by molar-refractivity contribution is 0.0983. The van der Waals surface area contributed by atoms with Gasteiger partial charge in [0.15, 0.2) is 5.78 Å². The smallest absolute Gasteiger partial charge is 0.164 e. The van der Waals surface area contributed by atoms with Gasteiger partial charge in [-0.15, -0.1) is 0 Å². The van der Waals surface area contributed by atoms with Crippen molar-refractivity contribution >= 4 is 22.8 Å². The Morgan fingerprint density at radius 2 is 2.19 bits per heavy atom. The zero-order valence-corrected chi connectivity index (χ0v) is 9.67. The molecule has 0 amide bonds. The highest BCUT2D eigenvalue weighted by atomic mass is 32.1. The maximum Gasteiger partial charge on any atom is 0.164 e. The van der Waals surface area contributed by atoms with Crippen LogP contribution < -0.4 is 5.73 Å². The predicted molar refractivity (Wildman–Crippen MR) is 67.8 cm³/mol. The molecule has 16 heavy (non-hydrogen) atoms. The zero-order chi connectivity index (χ0) is 11.4. The highest BCUT2D eigenvalue weighted by molar-refractivity contribution is 7.08. The van der Waals surface area contributed by atoms with Crippen molar-refractivity contribution in [1.29, 1.82) is 0 Å². The molecule has 0 atom stereocenters. The summed E-state index contributed by atoms with van der Waals surface area (Å²) in [4.78, 5) is 11.7. The van der Waals surface area contributed by atoms with E-state index in [1.807, 2.05) is 41.1 Å². The van der Waals surface area contributed by atoms with Gasteiger partial charge in [0.05, 0.1) is 0 Å². The van der Waals surface area contributed by atoms with Gasteiger partial charge in [-0.3, -0.25) is 4.79 Å². The molecule has 0 saturated heterocycles. The number of hydrogen-bond donors (Lipinski definition) is 1. The van der Waals surface area contributed by atoms with Gasteiger partial charge < -0.3 is 5.73 Å². The Hall–Kier alpha value is -1.61. The van der Waals surface area contributed by atoms with Crippen LogP contribution in [0.2, 0.25) is 0 Å². The van der Waals surface area contributed by atoms with Gasteiger partial charge in [0.1, 0.15) is 0 Å². The third-order valence-corrected chi connectivity index (χ3v) is 3.12. The second-order valence-electron chi connectivity index (χ2n) is 3.68. The largest absolute Gasteiger partial charge is 0.399 e. The van der Waals surface area contributed by atoms with Crippen molar-refractivity contribution < 1.29 is 4.79 Å². The Morgan fingerprint density at radius 1 is 1.31 bits per heavy atom. The van der Waals surface area contributed by atoms with E-state index in [9.17, 15) is 4.79 Å². The van der Waals surface area contributed by atoms with Crippen LogP contribution in [0.1, 0.15) is 22.3 Å². The first kappa shape index (κ1) is 10.9. The fourth-order valence-electron chi connectivity index (χ4n) is 1.57. The van der Waals surface area contributed by atoms with Crippen molar-refractivity contribution in [3.05, 3.63) is 52.2 Å². The lowest BCUT2D eigenvalue weighted by Crippen LogP contribution is -1.99. The van der Waals surface area contributed by atoms with Crippen molar-refractivity contribution in [2.45, 2.75) is 12.8 Å². The molecule has 2 rings (SSSR count). The Morgan fingerprint density at radius 3 is 2.88 bits per heavy atom. The molecule has 0 saturated carbocycles. The van der Waals surface area contributed by atoms with Crippen LogP contribution in [-0.2, 0) is 6.42 Å². The van der Waals surface area contributed by atoms with Gasteiger partial charge in [0.2, 0.25) is 0 Å². The van der Waals surface area contributed by atoms with Gasteiger partial charge in [0.25, 0.3) is 0 Å². The number of ketones is 1. The molecule has 0 aliphatic carbocycles. The average Bonchev–Trinajstić information content (AvgIpc) is 2.79. The molecule has 82 valence electrons. The number of carbonyl (C=O) groups excluding carboxylic acids is 1. The molecule has 0 radical (unpaired) electrons. The van der Waals surface area contributed by atoms with E-state index in [1.54, 1.807) is 11.3 Å². The van der Waals surface area contributed by atoms with Crippen LogP contribution in [0.5, 0.6) is 0 Å². The SMILES string of the molecule is Nc1cccc(CCC(=O)c2ccsc2)c1. The van der Waals surface area contributed by atoms with Gasteiger partial charge in [-0.1, -0.05) is 12.1 Å². The number of nitrogens with two attached hydrogens (primary N) is 1. The van der Waals surface area contributed by atoms with Crippen molar-refractivity contribution in [1.82, 2.24) is 0 Å². The predicted octanol–water partition coefficient (Wildman–Crippen LogP) is 3.15. The van der Waals surface area contributed by atoms with E-state index in [0.717, 1.165) is 23.2 Å². The van der Waals surface area contributed by atoms with Crippen LogP contribution in [0.3, 0.4) is 0 Å². The maximum absolute atomic E-state index is 11.7. The normalized spacial score (nSPS) is 10.2. The number of benzene rings is 1. The summed E-state index contributed by atoms with van der Waals surface area (Å²) < 4.78 is 0. The quantitative estimate of drug-likeness (QED) is 0.649. The van der Waals surface area contributed by atoms with Crippen LogP contribution in [-0.4, -0.2) is 5.78 Å². The summed E-state index contributed by atoms with van der Waals surface area (Å²) in [5.41, 5.74) is 8.35. The number of hydrogen-bond acceptors (Lipinski definition) is 3. The maximum atomic E-state index is 11.7. The molecule has 1 heterocycles. The summed E-state index contributed by atoms with van der Waals surface area (Å²) in [5.74, 6) is 0.198. The van der Waals surface area contributed by atoms with Crippen LogP contribution in [0.4, 0.5) is 5.69 Å². The fourth-order valence-corrected chi connectivity index (χ4v) is 2.23. The van der Waals surface area contributed by atoms with Gasteiger partial charge >= 0.3 is 0 Å². The highest BCUT2D eigenvalue weighted by Gasteiger charge is 2.06. The second-order valence-corrected chi connectivity index (χ2v) is 4.46. The number of thiophene rings is 1. The van der Waals surface area contributed by atoms with Crippen molar-refractivity contribution in [2.24, 2.45) is 0 Å². The third kappa shape index (κ3) is 2.70. The molecule has 3 heteroatoms. The van der Waals surface area contributed by atoms with E-state index in [2.05, 4.69) is 0 Å². The summed E-state index contributed by atoms with van der Waals surface area (Å²) in [6, 6.07) is 9.55. The van der Waals surface area contributed by atoms with Crippen LogP contribution in [0.25, 0.3) is 0 Å². The standard InChI is InChI=1S/C13H13NOS/c14-12-3-1-2-10(8-12)4-5-13(15)11-6-7-16-9-11/h1-3,6-9H,4-5,14H2. The van der Waals surface area contributed by atoms with E-state index in [0.29, 0.717) is 6.42 Å². The third-order valence-electron chi connectivity index (χ3n) is 2.43. The number of aryl methyl sites for hydroxylation is 1. The van der Waals surface area contributed by atoms with Gasteiger partial charge in [0, 0.05) is 23.1 Å². The molecule has 2 nitrogen and oxygen atoms in total. The summed E-state index contributed by atoms with van der Waals surface area (Å²) in [5, 5.41) is 3.81. The van der Waals surface area contributed by atoms with Gasteiger partial charge in [-0.2, -0.15) is 11.3 Å². The first-order chi connectivity index (χ1) is 7.75. The summed E-state index contributed by atoms with van der Waals surface area (Å²) >= 11 is 1.55. The van der Waals surface area contributed by atoms with E-state index < -0.39 is 0 Å². The molecule has 0 bridgehead atoms. The molecule has 2 N–H and O–H groups in total. The molecule has 1 aromatic carbocycles. The Kier molecular flexibility index (Phi) is 3.37. The van der Waals surface area contributed by atoms with Crippen LogP contribution in [0, 0.1) is 0 Å². The number of carbonyl (C=O) groups is 1. The molecule has 0 spiro atoms.